The molecule has 0 amide bonds. The lowest BCUT2D eigenvalue weighted by molar-refractivity contribution is 0.0695. The molecule has 1 aromatic carbocycles. The van der Waals surface area contributed by atoms with E-state index in [1.165, 1.54) is 32.1 Å². The first-order valence-corrected chi connectivity index (χ1v) is 6.90. The summed E-state index contributed by atoms with van der Waals surface area (Å²) in [7, 11) is 2.07. The molecule has 4 heteroatoms. The first-order valence-electron chi connectivity index (χ1n) is 6.90. The molecule has 2 rings (SSSR count). The summed E-state index contributed by atoms with van der Waals surface area (Å²) in [5.74, 6) is -0.940. The molecule has 1 aliphatic rings. The molecule has 0 spiro atoms. The molecule has 0 saturated heterocycles. The first-order chi connectivity index (χ1) is 9.09. The molecule has 0 aromatic heterocycles. The molecule has 0 bridgehead atoms. The normalized spacial score (nSPS) is 16.7. The molecule has 1 aliphatic carbocycles. The maximum atomic E-state index is 11.3. The fourth-order valence-corrected chi connectivity index (χ4v) is 2.93. The Bertz CT molecular complexity index is 453. The molecule has 3 N–H and O–H groups in total. The van der Waals surface area contributed by atoms with Crippen LogP contribution >= 0.6 is 0 Å². The number of benzene rings is 1. The predicted octanol–water partition coefficient (Wildman–Crippen LogP) is 2.73. The summed E-state index contributed by atoms with van der Waals surface area (Å²) in [5, 5.41) is 9.27. The summed E-state index contributed by atoms with van der Waals surface area (Å²) < 4.78 is 0. The van der Waals surface area contributed by atoms with Crippen LogP contribution in [0.15, 0.2) is 18.2 Å². The third-order valence-corrected chi connectivity index (χ3v) is 4.01. The van der Waals surface area contributed by atoms with Gasteiger partial charge in [-0.25, -0.2) is 4.79 Å². The lowest BCUT2D eigenvalue weighted by Gasteiger charge is -2.31. The monoisotopic (exact) mass is 262 g/mol. The van der Waals surface area contributed by atoms with Gasteiger partial charge in [-0.05, 0) is 31.5 Å². The van der Waals surface area contributed by atoms with Crippen LogP contribution in [0.1, 0.15) is 48.0 Å². The van der Waals surface area contributed by atoms with Crippen molar-refractivity contribution in [2.45, 2.75) is 44.7 Å². The van der Waals surface area contributed by atoms with Crippen molar-refractivity contribution < 1.29 is 9.90 Å². The topological polar surface area (TPSA) is 66.6 Å². The largest absolute Gasteiger partial charge is 0.478 e. The zero-order chi connectivity index (χ0) is 13.8. The zero-order valence-corrected chi connectivity index (χ0v) is 11.4. The van der Waals surface area contributed by atoms with Gasteiger partial charge in [0.15, 0.2) is 0 Å². The SMILES string of the molecule is CN(Cc1cccc(N)c1C(=O)O)C1CCCCC1. The van der Waals surface area contributed by atoms with Gasteiger partial charge < -0.3 is 10.8 Å². The Balaban J connectivity index is 2.14. The van der Waals surface area contributed by atoms with Crippen molar-refractivity contribution in [3.05, 3.63) is 29.3 Å². The Morgan fingerprint density at radius 1 is 1.37 bits per heavy atom. The van der Waals surface area contributed by atoms with Crippen LogP contribution in [0.25, 0.3) is 0 Å². The van der Waals surface area contributed by atoms with Gasteiger partial charge in [0.2, 0.25) is 0 Å². The molecule has 1 aromatic rings. The summed E-state index contributed by atoms with van der Waals surface area (Å²) in [4.78, 5) is 13.6. The summed E-state index contributed by atoms with van der Waals surface area (Å²) >= 11 is 0. The standard InChI is InChI=1S/C15H22N2O2/c1-17(12-7-3-2-4-8-12)10-11-6-5-9-13(16)14(11)15(18)19/h5-6,9,12H,2-4,7-8,10,16H2,1H3,(H,18,19). The molecule has 0 radical (unpaired) electrons. The quantitative estimate of drug-likeness (QED) is 0.819. The molecule has 1 saturated carbocycles. The second kappa shape index (κ2) is 6.06. The van der Waals surface area contributed by atoms with Crippen LogP contribution in [-0.4, -0.2) is 29.1 Å². The number of carboxylic acid groups (broad SMARTS) is 1. The van der Waals surface area contributed by atoms with Crippen LogP contribution in [0.5, 0.6) is 0 Å². The zero-order valence-electron chi connectivity index (χ0n) is 11.4. The number of nitrogens with zero attached hydrogens (tertiary/aromatic N) is 1. The molecular weight excluding hydrogens is 240 g/mol. The number of nitrogens with two attached hydrogens (primary N) is 1. The molecule has 104 valence electrons. The summed E-state index contributed by atoms with van der Waals surface area (Å²) in [6.07, 6.45) is 6.29. The van der Waals surface area contributed by atoms with Gasteiger partial charge in [-0.15, -0.1) is 0 Å². The van der Waals surface area contributed by atoms with Crippen molar-refractivity contribution >= 4 is 11.7 Å². The van der Waals surface area contributed by atoms with E-state index in [0.717, 1.165) is 5.56 Å². The van der Waals surface area contributed by atoms with E-state index in [4.69, 9.17) is 5.73 Å². The predicted molar refractivity (Wildman–Crippen MR) is 76.2 cm³/mol. The fraction of sp³-hybridized carbons (Fsp3) is 0.533. The molecular formula is C15H22N2O2. The van der Waals surface area contributed by atoms with E-state index in [2.05, 4.69) is 11.9 Å². The molecule has 0 unspecified atom stereocenters. The summed E-state index contributed by atoms with van der Waals surface area (Å²) in [6, 6.07) is 5.90. The van der Waals surface area contributed by atoms with Crippen LogP contribution in [0.2, 0.25) is 0 Å². The van der Waals surface area contributed by atoms with Gasteiger partial charge in [0.1, 0.15) is 0 Å². The van der Waals surface area contributed by atoms with Crippen molar-refractivity contribution in [2.75, 3.05) is 12.8 Å². The van der Waals surface area contributed by atoms with E-state index in [1.54, 1.807) is 6.07 Å². The average molecular weight is 262 g/mol. The van der Waals surface area contributed by atoms with Crippen LogP contribution in [0, 0.1) is 0 Å². The highest BCUT2D eigenvalue weighted by molar-refractivity contribution is 5.95. The third kappa shape index (κ3) is 3.26. The fourth-order valence-electron chi connectivity index (χ4n) is 2.93. The minimum Gasteiger partial charge on any atom is -0.478 e. The summed E-state index contributed by atoms with van der Waals surface area (Å²) in [6.45, 7) is 0.650. The lowest BCUT2D eigenvalue weighted by Crippen LogP contribution is -2.33. The number of carbonyl (C=O) groups is 1. The number of hydrogen-bond acceptors (Lipinski definition) is 3. The number of nitrogen functional groups attached to an aromatic ring is 1. The Kier molecular flexibility index (Phi) is 4.43. The minimum absolute atomic E-state index is 0.255. The Hall–Kier alpha value is -1.55. The van der Waals surface area contributed by atoms with Crippen molar-refractivity contribution in [3.63, 3.8) is 0 Å². The van der Waals surface area contributed by atoms with Crippen LogP contribution < -0.4 is 5.73 Å². The highest BCUT2D eigenvalue weighted by Crippen LogP contribution is 2.25. The molecule has 0 atom stereocenters. The molecule has 0 aliphatic heterocycles. The first kappa shape index (κ1) is 13.9. The third-order valence-electron chi connectivity index (χ3n) is 4.01. The van der Waals surface area contributed by atoms with Crippen molar-refractivity contribution in [3.8, 4) is 0 Å². The van der Waals surface area contributed by atoms with Crippen LogP contribution in [0.3, 0.4) is 0 Å². The van der Waals surface area contributed by atoms with Gasteiger partial charge >= 0.3 is 5.97 Å². The van der Waals surface area contributed by atoms with Gasteiger partial charge in [0.25, 0.3) is 0 Å². The van der Waals surface area contributed by atoms with E-state index in [0.29, 0.717) is 18.3 Å². The van der Waals surface area contributed by atoms with Gasteiger partial charge in [-0.1, -0.05) is 31.4 Å². The smallest absolute Gasteiger partial charge is 0.338 e. The van der Waals surface area contributed by atoms with Gasteiger partial charge in [-0.2, -0.15) is 0 Å². The van der Waals surface area contributed by atoms with Crippen LogP contribution in [0.4, 0.5) is 5.69 Å². The Labute approximate surface area is 114 Å². The van der Waals surface area contributed by atoms with Crippen molar-refractivity contribution in [1.82, 2.24) is 4.90 Å². The van der Waals surface area contributed by atoms with Gasteiger partial charge in [0.05, 0.1) is 5.56 Å². The highest BCUT2D eigenvalue weighted by atomic mass is 16.4. The van der Waals surface area contributed by atoms with E-state index < -0.39 is 5.97 Å². The second-order valence-electron chi connectivity index (χ2n) is 5.39. The van der Waals surface area contributed by atoms with Crippen molar-refractivity contribution in [1.29, 1.82) is 0 Å². The second-order valence-corrected chi connectivity index (χ2v) is 5.39. The molecule has 19 heavy (non-hydrogen) atoms. The van der Waals surface area contributed by atoms with Crippen LogP contribution in [-0.2, 0) is 6.54 Å². The number of aromatic carboxylic acids is 1. The number of carboxylic acids is 1. The number of hydrogen-bond donors (Lipinski definition) is 2. The van der Waals surface area contributed by atoms with E-state index in [-0.39, 0.29) is 5.56 Å². The maximum Gasteiger partial charge on any atom is 0.338 e. The summed E-state index contributed by atoms with van der Waals surface area (Å²) in [5.41, 5.74) is 7.19. The molecule has 1 fully saturated rings. The minimum atomic E-state index is -0.940. The number of anilines is 1. The Morgan fingerprint density at radius 3 is 2.68 bits per heavy atom. The molecule has 0 heterocycles. The van der Waals surface area contributed by atoms with E-state index in [1.807, 2.05) is 12.1 Å². The number of rotatable bonds is 4. The van der Waals surface area contributed by atoms with Crippen molar-refractivity contribution in [2.24, 2.45) is 0 Å². The Morgan fingerprint density at radius 2 is 2.05 bits per heavy atom. The average Bonchev–Trinajstić information content (AvgIpc) is 2.39. The maximum absolute atomic E-state index is 11.3. The van der Waals surface area contributed by atoms with Gasteiger partial charge in [0, 0.05) is 18.3 Å². The van der Waals surface area contributed by atoms with E-state index in [9.17, 15) is 9.90 Å². The van der Waals surface area contributed by atoms with Gasteiger partial charge in [-0.3, -0.25) is 4.90 Å². The van der Waals surface area contributed by atoms with E-state index >= 15 is 0 Å². The lowest BCUT2D eigenvalue weighted by atomic mass is 9.94. The molecule has 4 nitrogen and oxygen atoms in total. The highest BCUT2D eigenvalue weighted by Gasteiger charge is 2.20.